The van der Waals surface area contributed by atoms with E-state index in [0.29, 0.717) is 11.3 Å². The minimum absolute atomic E-state index is 0.0854. The molecule has 0 spiro atoms. The topological polar surface area (TPSA) is 70.8 Å². The van der Waals surface area contributed by atoms with Crippen LogP contribution in [0, 0.1) is 0 Å². The number of nitrogens with zero attached hydrogens (tertiary/aromatic N) is 1. The second kappa shape index (κ2) is 7.61. The first kappa shape index (κ1) is 18.9. The van der Waals surface area contributed by atoms with E-state index in [-0.39, 0.29) is 17.9 Å². The van der Waals surface area contributed by atoms with Crippen LogP contribution in [0.15, 0.2) is 64.1 Å². The molecule has 1 atom stereocenters. The molecule has 1 saturated heterocycles. The van der Waals surface area contributed by atoms with Crippen molar-refractivity contribution in [3.05, 3.63) is 87.0 Å². The Labute approximate surface area is 178 Å². The van der Waals surface area contributed by atoms with Gasteiger partial charge in [0.2, 0.25) is 0 Å². The molecule has 1 fully saturated rings. The molecule has 6 heteroatoms. The lowest BCUT2D eigenvalue weighted by atomic mass is 9.89. The van der Waals surface area contributed by atoms with Crippen LogP contribution in [-0.2, 0) is 29.0 Å². The van der Waals surface area contributed by atoms with Gasteiger partial charge in [-0.1, -0.05) is 18.2 Å². The maximum absolute atomic E-state index is 13.0. The normalized spacial score (nSPS) is 20.5. The van der Waals surface area contributed by atoms with Crippen molar-refractivity contribution in [1.29, 1.82) is 0 Å². The molecule has 0 bridgehead atoms. The van der Waals surface area contributed by atoms with Crippen molar-refractivity contribution in [1.82, 2.24) is 4.90 Å². The molecule has 1 unspecified atom stereocenters. The summed E-state index contributed by atoms with van der Waals surface area (Å²) in [6.45, 7) is 0.286. The van der Waals surface area contributed by atoms with Gasteiger partial charge in [0.25, 0.3) is 11.7 Å². The lowest BCUT2D eigenvalue weighted by molar-refractivity contribution is -0.140. The summed E-state index contributed by atoms with van der Waals surface area (Å²) < 4.78 is 5.58. The number of benzene rings is 1. The number of carbonyl (C=O) groups excluding carboxylic acids is 2. The van der Waals surface area contributed by atoms with E-state index in [4.69, 9.17) is 4.42 Å². The summed E-state index contributed by atoms with van der Waals surface area (Å²) in [5, 5.41) is 13.1. The van der Waals surface area contributed by atoms with Crippen molar-refractivity contribution < 1.29 is 19.1 Å². The molecule has 152 valence electrons. The Morgan fingerprint density at radius 2 is 1.93 bits per heavy atom. The van der Waals surface area contributed by atoms with Crippen LogP contribution in [0.3, 0.4) is 0 Å². The van der Waals surface area contributed by atoms with Gasteiger partial charge in [-0.3, -0.25) is 9.59 Å². The summed E-state index contributed by atoms with van der Waals surface area (Å²) in [5.41, 5.74) is 3.15. The highest BCUT2D eigenvalue weighted by molar-refractivity contribution is 7.09. The van der Waals surface area contributed by atoms with Crippen LogP contribution in [0.25, 0.3) is 5.76 Å². The van der Waals surface area contributed by atoms with Crippen molar-refractivity contribution in [3.8, 4) is 0 Å². The third kappa shape index (κ3) is 3.17. The third-order valence-electron chi connectivity index (χ3n) is 5.88. The summed E-state index contributed by atoms with van der Waals surface area (Å²) in [6, 6.07) is 12.3. The van der Waals surface area contributed by atoms with Crippen LogP contribution in [0.4, 0.5) is 0 Å². The zero-order chi connectivity index (χ0) is 20.7. The number of aryl methyl sites for hydroxylation is 2. The van der Waals surface area contributed by atoms with E-state index in [1.54, 1.807) is 12.1 Å². The Hall–Kier alpha value is -3.12. The second-order valence-electron chi connectivity index (χ2n) is 7.71. The molecule has 30 heavy (non-hydrogen) atoms. The number of thiophene rings is 1. The molecule has 1 aliphatic carbocycles. The number of Topliss-reactive ketones (excluding diaryl/α,β-unsaturated/α-hetero) is 1. The summed E-state index contributed by atoms with van der Waals surface area (Å²) in [4.78, 5) is 28.4. The van der Waals surface area contributed by atoms with Crippen LogP contribution < -0.4 is 0 Å². The standard InChI is InChI=1S/C24H21NO4S/c26-22(17-10-9-15-5-1-2-6-16(15)13-17)20-21(19-8-3-11-29-19)25(24(28)23(20)27)14-18-7-4-12-30-18/h3-4,7-13,21,26H,1-2,5-6,14H2/b22-20-. The fourth-order valence-electron chi connectivity index (χ4n) is 4.39. The lowest BCUT2D eigenvalue weighted by Crippen LogP contribution is -2.28. The van der Waals surface area contributed by atoms with Gasteiger partial charge in [-0.25, -0.2) is 0 Å². The van der Waals surface area contributed by atoms with E-state index in [1.807, 2.05) is 35.7 Å². The van der Waals surface area contributed by atoms with Gasteiger partial charge < -0.3 is 14.4 Å². The summed E-state index contributed by atoms with van der Waals surface area (Å²) >= 11 is 1.52. The van der Waals surface area contributed by atoms with Gasteiger partial charge in [-0.15, -0.1) is 11.3 Å². The highest BCUT2D eigenvalue weighted by atomic mass is 32.1. The van der Waals surface area contributed by atoms with Gasteiger partial charge in [-0.2, -0.15) is 0 Å². The summed E-state index contributed by atoms with van der Waals surface area (Å²) in [7, 11) is 0. The average molecular weight is 420 g/mol. The Morgan fingerprint density at radius 3 is 2.67 bits per heavy atom. The first-order valence-corrected chi connectivity index (χ1v) is 11.0. The minimum Gasteiger partial charge on any atom is -0.507 e. The monoisotopic (exact) mass is 419 g/mol. The molecule has 0 saturated carbocycles. The lowest BCUT2D eigenvalue weighted by Gasteiger charge is -2.23. The Bertz CT molecular complexity index is 1130. The van der Waals surface area contributed by atoms with Crippen molar-refractivity contribution >= 4 is 28.8 Å². The third-order valence-corrected chi connectivity index (χ3v) is 6.74. The molecule has 2 aromatic heterocycles. The van der Waals surface area contributed by atoms with Crippen molar-refractivity contribution in [2.24, 2.45) is 0 Å². The zero-order valence-corrected chi connectivity index (χ0v) is 17.2. The van der Waals surface area contributed by atoms with Crippen LogP contribution in [0.1, 0.15) is 46.2 Å². The smallest absolute Gasteiger partial charge is 0.296 e. The molecular formula is C24H21NO4S. The zero-order valence-electron chi connectivity index (χ0n) is 16.3. The molecule has 5 nitrogen and oxygen atoms in total. The summed E-state index contributed by atoms with van der Waals surface area (Å²) in [5.74, 6) is -0.977. The molecular weight excluding hydrogens is 398 g/mol. The molecule has 3 aromatic rings. The van der Waals surface area contributed by atoms with Crippen LogP contribution >= 0.6 is 11.3 Å². The van der Waals surface area contributed by atoms with Gasteiger partial charge in [0.05, 0.1) is 18.4 Å². The average Bonchev–Trinajstić information content (AvgIpc) is 3.52. The van der Waals surface area contributed by atoms with Gasteiger partial charge >= 0.3 is 0 Å². The Morgan fingerprint density at radius 1 is 1.10 bits per heavy atom. The number of ketones is 1. The highest BCUT2D eigenvalue weighted by Crippen LogP contribution is 2.41. The number of aliphatic hydroxyl groups is 1. The molecule has 5 rings (SSSR count). The number of hydrogen-bond acceptors (Lipinski definition) is 5. The number of amides is 1. The van der Waals surface area contributed by atoms with E-state index in [2.05, 4.69) is 0 Å². The number of aliphatic hydroxyl groups excluding tert-OH is 1. The minimum atomic E-state index is -0.752. The number of rotatable bonds is 4. The highest BCUT2D eigenvalue weighted by Gasteiger charge is 2.47. The van der Waals surface area contributed by atoms with E-state index < -0.39 is 17.7 Å². The van der Waals surface area contributed by atoms with E-state index in [9.17, 15) is 14.7 Å². The first-order valence-electron chi connectivity index (χ1n) is 10.1. The Kier molecular flexibility index (Phi) is 4.79. The molecule has 1 aliphatic heterocycles. The molecule has 1 amide bonds. The molecule has 1 aromatic carbocycles. The first-order chi connectivity index (χ1) is 14.6. The van der Waals surface area contributed by atoms with E-state index in [0.717, 1.165) is 24.1 Å². The fraction of sp³-hybridized carbons (Fsp3) is 0.250. The van der Waals surface area contributed by atoms with Crippen LogP contribution in [-0.4, -0.2) is 21.7 Å². The number of likely N-dealkylation sites (tertiary alicyclic amines) is 1. The number of furan rings is 1. The molecule has 2 aliphatic rings. The Balaban J connectivity index is 1.61. The van der Waals surface area contributed by atoms with E-state index in [1.165, 1.54) is 40.0 Å². The molecule has 1 N–H and O–H groups in total. The fourth-order valence-corrected chi connectivity index (χ4v) is 5.10. The number of fused-ring (bicyclic) bond motifs is 1. The van der Waals surface area contributed by atoms with Gasteiger partial charge in [0, 0.05) is 10.4 Å². The van der Waals surface area contributed by atoms with E-state index >= 15 is 0 Å². The molecule has 0 radical (unpaired) electrons. The predicted molar refractivity (Wildman–Crippen MR) is 114 cm³/mol. The largest absolute Gasteiger partial charge is 0.507 e. The SMILES string of the molecule is O=C1C(=O)N(Cc2cccs2)C(c2ccco2)/C1=C(/O)c1ccc2c(c1)CCCC2. The predicted octanol–water partition coefficient (Wildman–Crippen LogP) is 4.84. The van der Waals surface area contributed by atoms with Gasteiger partial charge in [-0.05, 0) is 66.5 Å². The maximum atomic E-state index is 13.0. The van der Waals surface area contributed by atoms with Crippen molar-refractivity contribution in [2.45, 2.75) is 38.3 Å². The second-order valence-corrected chi connectivity index (χ2v) is 8.74. The quantitative estimate of drug-likeness (QED) is 0.373. The number of hydrogen-bond donors (Lipinski definition) is 1. The van der Waals surface area contributed by atoms with Gasteiger partial charge in [0.15, 0.2) is 0 Å². The number of carbonyl (C=O) groups is 2. The van der Waals surface area contributed by atoms with Crippen LogP contribution in [0.5, 0.6) is 0 Å². The van der Waals surface area contributed by atoms with Crippen LogP contribution in [0.2, 0.25) is 0 Å². The van der Waals surface area contributed by atoms with Gasteiger partial charge in [0.1, 0.15) is 17.6 Å². The molecule has 3 heterocycles. The maximum Gasteiger partial charge on any atom is 0.296 e. The van der Waals surface area contributed by atoms with Crippen molar-refractivity contribution in [3.63, 3.8) is 0 Å². The summed E-state index contributed by atoms with van der Waals surface area (Å²) in [6.07, 6.45) is 5.80. The van der Waals surface area contributed by atoms with Crippen molar-refractivity contribution in [2.75, 3.05) is 0 Å².